The molecule has 8 heteroatoms. The van der Waals surface area contributed by atoms with Crippen molar-refractivity contribution in [3.63, 3.8) is 0 Å². The number of amides is 1. The number of aromatic nitrogens is 1. The lowest BCUT2D eigenvalue weighted by Crippen LogP contribution is -2.38. The van der Waals surface area contributed by atoms with Gasteiger partial charge in [0.05, 0.1) is 28.3 Å². The number of carbonyl (C=O) groups excluding carboxylic acids is 2. The summed E-state index contributed by atoms with van der Waals surface area (Å²) in [5.41, 5.74) is 2.42. The Hall–Kier alpha value is -2.48. The van der Waals surface area contributed by atoms with Crippen LogP contribution >= 0.6 is 0 Å². The van der Waals surface area contributed by atoms with E-state index in [1.54, 1.807) is 6.92 Å². The molecular weight excluding hydrogens is 356 g/mol. The molecule has 0 unspecified atom stereocenters. The zero-order chi connectivity index (χ0) is 18.9. The molecule has 1 atom stereocenters. The lowest BCUT2D eigenvalue weighted by Gasteiger charge is -2.13. The molecule has 1 amide bonds. The first-order valence-electron chi connectivity index (χ1n) is 8.30. The number of rotatable bonds is 4. The maximum atomic E-state index is 12.4. The van der Waals surface area contributed by atoms with Gasteiger partial charge in [0.15, 0.2) is 16.4 Å². The predicted octanol–water partition coefficient (Wildman–Crippen LogP) is 1.31. The average molecular weight is 376 g/mol. The van der Waals surface area contributed by atoms with Crippen LogP contribution in [0.25, 0.3) is 10.9 Å². The van der Waals surface area contributed by atoms with E-state index in [9.17, 15) is 18.0 Å². The number of aryl methyl sites for hydroxylation is 2. The fraction of sp³-hybridized carbons (Fsp3) is 0.389. The third-order valence-corrected chi connectivity index (χ3v) is 6.24. The molecule has 1 aromatic heterocycles. The van der Waals surface area contributed by atoms with Crippen molar-refractivity contribution in [3.8, 4) is 0 Å². The molecule has 1 fully saturated rings. The van der Waals surface area contributed by atoms with E-state index in [0.717, 1.165) is 16.5 Å². The predicted molar refractivity (Wildman–Crippen MR) is 96.7 cm³/mol. The number of nitrogens with zero attached hydrogens (tertiary/aromatic N) is 1. The molecule has 2 heterocycles. The summed E-state index contributed by atoms with van der Waals surface area (Å²) in [4.78, 5) is 28.8. The Kier molecular flexibility index (Phi) is 4.95. The Bertz CT molecular complexity index is 984. The summed E-state index contributed by atoms with van der Waals surface area (Å²) in [5.74, 6) is -1.13. The first kappa shape index (κ1) is 18.3. The van der Waals surface area contributed by atoms with Gasteiger partial charge in [0.25, 0.3) is 5.91 Å². The molecule has 7 nitrogen and oxygen atoms in total. The molecule has 1 saturated heterocycles. The number of pyridine rings is 1. The normalized spacial score (nSPS) is 18.6. The second-order valence-electron chi connectivity index (χ2n) is 6.46. The Morgan fingerprint density at radius 2 is 2.00 bits per heavy atom. The van der Waals surface area contributed by atoms with Crippen LogP contribution in [0.1, 0.15) is 28.0 Å². The number of fused-ring (bicyclic) bond motifs is 1. The van der Waals surface area contributed by atoms with E-state index in [2.05, 4.69) is 10.3 Å². The van der Waals surface area contributed by atoms with Crippen LogP contribution in [0.5, 0.6) is 0 Å². The quantitative estimate of drug-likeness (QED) is 0.807. The zero-order valence-electron chi connectivity index (χ0n) is 14.6. The molecule has 1 aromatic carbocycles. The minimum Gasteiger partial charge on any atom is -0.452 e. The highest BCUT2D eigenvalue weighted by molar-refractivity contribution is 7.91. The van der Waals surface area contributed by atoms with E-state index >= 15 is 0 Å². The summed E-state index contributed by atoms with van der Waals surface area (Å²) in [7, 11) is -3.08. The molecule has 1 N–H and O–H groups in total. The van der Waals surface area contributed by atoms with Gasteiger partial charge >= 0.3 is 5.97 Å². The van der Waals surface area contributed by atoms with Gasteiger partial charge < -0.3 is 10.1 Å². The van der Waals surface area contributed by atoms with Gasteiger partial charge in [-0.25, -0.2) is 13.2 Å². The van der Waals surface area contributed by atoms with E-state index in [1.165, 1.54) is 0 Å². The number of sulfone groups is 1. The molecule has 138 valence electrons. The molecule has 26 heavy (non-hydrogen) atoms. The number of hydrogen-bond acceptors (Lipinski definition) is 6. The van der Waals surface area contributed by atoms with Gasteiger partial charge in [-0.1, -0.05) is 18.2 Å². The first-order chi connectivity index (χ1) is 12.3. The molecule has 0 aliphatic carbocycles. The smallest absolute Gasteiger partial charge is 0.340 e. The Balaban J connectivity index is 1.67. The van der Waals surface area contributed by atoms with Crippen molar-refractivity contribution >= 4 is 32.6 Å². The van der Waals surface area contributed by atoms with Crippen molar-refractivity contribution in [3.05, 3.63) is 41.1 Å². The summed E-state index contributed by atoms with van der Waals surface area (Å²) in [6.45, 7) is 3.08. The van der Waals surface area contributed by atoms with E-state index in [4.69, 9.17) is 4.74 Å². The largest absolute Gasteiger partial charge is 0.452 e. The maximum absolute atomic E-state index is 12.4. The summed E-state index contributed by atoms with van der Waals surface area (Å²) >= 11 is 0. The topological polar surface area (TPSA) is 102 Å². The number of benzene rings is 1. The number of carbonyl (C=O) groups is 2. The molecule has 0 saturated carbocycles. The summed E-state index contributed by atoms with van der Waals surface area (Å²) in [6, 6.07) is 7.07. The minimum atomic E-state index is -3.08. The number of esters is 1. The number of hydrogen-bond donors (Lipinski definition) is 1. The molecule has 2 aromatic rings. The highest BCUT2D eigenvalue weighted by Crippen LogP contribution is 2.23. The van der Waals surface area contributed by atoms with Crippen LogP contribution in [0.15, 0.2) is 24.3 Å². The van der Waals surface area contributed by atoms with Gasteiger partial charge in [0.2, 0.25) is 0 Å². The molecule has 1 aliphatic rings. The molecule has 0 radical (unpaired) electrons. The summed E-state index contributed by atoms with van der Waals surface area (Å²) < 4.78 is 27.9. The van der Waals surface area contributed by atoms with Crippen molar-refractivity contribution in [2.75, 3.05) is 18.1 Å². The number of para-hydroxylation sites is 1. The van der Waals surface area contributed by atoms with Crippen molar-refractivity contribution in [1.29, 1.82) is 0 Å². The second-order valence-corrected chi connectivity index (χ2v) is 8.69. The van der Waals surface area contributed by atoms with Crippen LogP contribution in [-0.4, -0.2) is 49.4 Å². The first-order valence-corrected chi connectivity index (χ1v) is 10.1. The van der Waals surface area contributed by atoms with Gasteiger partial charge in [-0.05, 0) is 31.9 Å². The van der Waals surface area contributed by atoms with Crippen LogP contribution in [0.4, 0.5) is 0 Å². The minimum absolute atomic E-state index is 0.0683. The molecule has 0 bridgehead atoms. The van der Waals surface area contributed by atoms with E-state index in [1.807, 2.05) is 31.2 Å². The van der Waals surface area contributed by atoms with Crippen molar-refractivity contribution < 1.29 is 22.7 Å². The third-order valence-electron chi connectivity index (χ3n) is 4.47. The van der Waals surface area contributed by atoms with Crippen molar-refractivity contribution in [2.45, 2.75) is 26.3 Å². The molecule has 3 rings (SSSR count). The van der Waals surface area contributed by atoms with E-state index in [0.29, 0.717) is 17.7 Å². The van der Waals surface area contributed by atoms with Gasteiger partial charge in [-0.2, -0.15) is 0 Å². The van der Waals surface area contributed by atoms with Crippen LogP contribution in [0.3, 0.4) is 0 Å². The SMILES string of the molecule is Cc1nc2ccccc2c(C)c1C(=O)OCC(=O)N[C@H]1CCS(=O)(=O)C1. The maximum Gasteiger partial charge on any atom is 0.340 e. The average Bonchev–Trinajstić information content (AvgIpc) is 2.91. The van der Waals surface area contributed by atoms with Gasteiger partial charge in [-0.3, -0.25) is 9.78 Å². The molecular formula is C18H20N2O5S. The Labute approximate surface area is 151 Å². The Morgan fingerprint density at radius 3 is 2.69 bits per heavy atom. The third kappa shape index (κ3) is 3.85. The van der Waals surface area contributed by atoms with Crippen molar-refractivity contribution in [2.24, 2.45) is 0 Å². The Morgan fingerprint density at radius 1 is 1.27 bits per heavy atom. The monoisotopic (exact) mass is 376 g/mol. The lowest BCUT2D eigenvalue weighted by atomic mass is 10.0. The van der Waals surface area contributed by atoms with Crippen LogP contribution in [0.2, 0.25) is 0 Å². The number of nitrogens with one attached hydrogen (secondary N) is 1. The summed E-state index contributed by atoms with van der Waals surface area (Å²) in [6.07, 6.45) is 0.384. The lowest BCUT2D eigenvalue weighted by molar-refractivity contribution is -0.124. The van der Waals surface area contributed by atoms with Gasteiger partial charge in [0.1, 0.15) is 0 Å². The fourth-order valence-electron chi connectivity index (χ4n) is 3.21. The standard InChI is InChI=1S/C18H20N2O5S/c1-11-14-5-3-4-6-15(14)19-12(2)17(11)18(22)25-9-16(21)20-13-7-8-26(23,24)10-13/h3-6,13H,7-10H2,1-2H3,(H,20,21)/t13-/m0/s1. The molecule has 0 spiro atoms. The summed E-state index contributed by atoms with van der Waals surface area (Å²) in [5, 5.41) is 3.44. The highest BCUT2D eigenvalue weighted by Gasteiger charge is 2.29. The fourth-order valence-corrected chi connectivity index (χ4v) is 4.89. The van der Waals surface area contributed by atoms with E-state index < -0.39 is 34.4 Å². The van der Waals surface area contributed by atoms with Crippen LogP contribution < -0.4 is 5.32 Å². The second kappa shape index (κ2) is 7.03. The van der Waals surface area contributed by atoms with Crippen molar-refractivity contribution in [1.82, 2.24) is 10.3 Å². The number of ether oxygens (including phenoxy) is 1. The van der Waals surface area contributed by atoms with Crippen LogP contribution in [-0.2, 0) is 19.4 Å². The highest BCUT2D eigenvalue weighted by atomic mass is 32.2. The zero-order valence-corrected chi connectivity index (χ0v) is 15.4. The van der Waals surface area contributed by atoms with Gasteiger partial charge in [0, 0.05) is 11.4 Å². The molecule has 1 aliphatic heterocycles. The van der Waals surface area contributed by atoms with Gasteiger partial charge in [-0.15, -0.1) is 0 Å². The van der Waals surface area contributed by atoms with E-state index in [-0.39, 0.29) is 11.5 Å². The van der Waals surface area contributed by atoms with Crippen LogP contribution in [0, 0.1) is 13.8 Å².